The van der Waals surface area contributed by atoms with Crippen molar-refractivity contribution in [3.05, 3.63) is 29.6 Å². The van der Waals surface area contributed by atoms with Crippen molar-refractivity contribution in [1.82, 2.24) is 4.98 Å². The minimum atomic E-state index is -0.0999. The highest BCUT2D eigenvalue weighted by Gasteiger charge is 2.29. The van der Waals surface area contributed by atoms with Gasteiger partial charge in [-0.3, -0.25) is 4.98 Å². The number of nitrogens with zero attached hydrogens (tertiary/aromatic N) is 1. The summed E-state index contributed by atoms with van der Waals surface area (Å²) in [7, 11) is 0. The van der Waals surface area contributed by atoms with Gasteiger partial charge in [-0.25, -0.2) is 0 Å². The fourth-order valence-electron chi connectivity index (χ4n) is 2.30. The van der Waals surface area contributed by atoms with Gasteiger partial charge in [-0.1, -0.05) is 25.3 Å². The third kappa shape index (κ3) is 1.80. The zero-order valence-corrected chi connectivity index (χ0v) is 8.79. The molecule has 2 nitrogen and oxygen atoms in total. The molecule has 0 spiro atoms. The summed E-state index contributed by atoms with van der Waals surface area (Å²) in [5, 5.41) is 0. The minimum Gasteiger partial charge on any atom is -0.321 e. The second-order valence-electron chi connectivity index (χ2n) is 4.47. The Bertz CT molecular complexity index is 314. The Balaban J connectivity index is 2.28. The number of hydrogen-bond donors (Lipinski definition) is 1. The van der Waals surface area contributed by atoms with Crippen LogP contribution in [-0.4, -0.2) is 4.98 Å². The van der Waals surface area contributed by atoms with E-state index in [-0.39, 0.29) is 5.54 Å². The second-order valence-corrected chi connectivity index (χ2v) is 4.47. The van der Waals surface area contributed by atoms with Gasteiger partial charge in [-0.2, -0.15) is 0 Å². The van der Waals surface area contributed by atoms with Gasteiger partial charge in [0, 0.05) is 17.9 Å². The topological polar surface area (TPSA) is 38.9 Å². The van der Waals surface area contributed by atoms with E-state index in [1.54, 1.807) is 0 Å². The average molecular weight is 190 g/mol. The lowest BCUT2D eigenvalue weighted by Gasteiger charge is -2.33. The Hall–Kier alpha value is -0.890. The van der Waals surface area contributed by atoms with Crippen molar-refractivity contribution in [3.8, 4) is 0 Å². The van der Waals surface area contributed by atoms with Crippen molar-refractivity contribution in [1.29, 1.82) is 0 Å². The van der Waals surface area contributed by atoms with Crippen LogP contribution in [0.1, 0.15) is 43.2 Å². The summed E-state index contributed by atoms with van der Waals surface area (Å²) in [5.74, 6) is 0. The lowest BCUT2D eigenvalue weighted by molar-refractivity contribution is 0.301. The van der Waals surface area contributed by atoms with E-state index in [9.17, 15) is 0 Å². The van der Waals surface area contributed by atoms with Crippen LogP contribution in [0.15, 0.2) is 18.5 Å². The van der Waals surface area contributed by atoms with E-state index in [0.717, 1.165) is 12.8 Å². The molecule has 14 heavy (non-hydrogen) atoms. The molecule has 2 N–H and O–H groups in total. The molecular formula is C12H18N2. The first kappa shape index (κ1) is 9.66. The number of rotatable bonds is 1. The van der Waals surface area contributed by atoms with Gasteiger partial charge < -0.3 is 5.73 Å². The molecule has 0 radical (unpaired) electrons. The maximum absolute atomic E-state index is 6.41. The molecular weight excluding hydrogens is 172 g/mol. The predicted octanol–water partition coefficient (Wildman–Crippen LogP) is 2.51. The van der Waals surface area contributed by atoms with E-state index >= 15 is 0 Å². The van der Waals surface area contributed by atoms with E-state index in [1.165, 1.54) is 30.4 Å². The summed E-state index contributed by atoms with van der Waals surface area (Å²) in [6, 6.07) is 2.18. The van der Waals surface area contributed by atoms with E-state index < -0.39 is 0 Å². The first-order valence-electron chi connectivity index (χ1n) is 5.42. The molecule has 1 aliphatic rings. The molecule has 1 saturated carbocycles. The molecule has 1 fully saturated rings. The summed E-state index contributed by atoms with van der Waals surface area (Å²) in [5.41, 5.74) is 8.74. The summed E-state index contributed by atoms with van der Waals surface area (Å²) in [6.07, 6.45) is 9.87. The SMILES string of the molecule is Cc1cncc(C2(N)CCCCC2)c1. The third-order valence-corrected chi connectivity index (χ3v) is 3.20. The lowest BCUT2D eigenvalue weighted by atomic mass is 9.78. The number of nitrogens with two attached hydrogens (primary N) is 1. The van der Waals surface area contributed by atoms with Crippen molar-refractivity contribution in [2.24, 2.45) is 5.73 Å². The van der Waals surface area contributed by atoms with Gasteiger partial charge in [0.1, 0.15) is 0 Å². The van der Waals surface area contributed by atoms with Gasteiger partial charge in [0.25, 0.3) is 0 Å². The smallest absolute Gasteiger partial charge is 0.0425 e. The highest BCUT2D eigenvalue weighted by atomic mass is 14.8. The fraction of sp³-hybridized carbons (Fsp3) is 0.583. The van der Waals surface area contributed by atoms with Crippen LogP contribution < -0.4 is 5.73 Å². The van der Waals surface area contributed by atoms with Crippen molar-refractivity contribution in [2.45, 2.75) is 44.6 Å². The van der Waals surface area contributed by atoms with Crippen molar-refractivity contribution in [2.75, 3.05) is 0 Å². The van der Waals surface area contributed by atoms with Crippen LogP contribution in [0.4, 0.5) is 0 Å². The molecule has 0 aliphatic heterocycles. The van der Waals surface area contributed by atoms with Crippen LogP contribution in [0.5, 0.6) is 0 Å². The molecule has 0 atom stereocenters. The lowest BCUT2D eigenvalue weighted by Crippen LogP contribution is -2.38. The van der Waals surface area contributed by atoms with Crippen LogP contribution in [0.25, 0.3) is 0 Å². The quantitative estimate of drug-likeness (QED) is 0.739. The number of aryl methyl sites for hydroxylation is 1. The highest BCUT2D eigenvalue weighted by molar-refractivity contribution is 5.25. The predicted molar refractivity (Wildman–Crippen MR) is 57.9 cm³/mol. The van der Waals surface area contributed by atoms with Gasteiger partial charge in [0.2, 0.25) is 0 Å². The molecule has 0 saturated heterocycles. The highest BCUT2D eigenvalue weighted by Crippen LogP contribution is 2.34. The molecule has 1 heterocycles. The van der Waals surface area contributed by atoms with E-state index in [2.05, 4.69) is 18.0 Å². The van der Waals surface area contributed by atoms with Crippen LogP contribution >= 0.6 is 0 Å². The summed E-state index contributed by atoms with van der Waals surface area (Å²) in [4.78, 5) is 4.22. The first-order valence-corrected chi connectivity index (χ1v) is 5.42. The largest absolute Gasteiger partial charge is 0.321 e. The Morgan fingerprint density at radius 3 is 2.57 bits per heavy atom. The Kier molecular flexibility index (Phi) is 2.55. The minimum absolute atomic E-state index is 0.0999. The summed E-state index contributed by atoms with van der Waals surface area (Å²) >= 11 is 0. The van der Waals surface area contributed by atoms with Gasteiger partial charge in [-0.05, 0) is 30.9 Å². The van der Waals surface area contributed by atoms with Crippen LogP contribution in [-0.2, 0) is 5.54 Å². The second kappa shape index (κ2) is 3.70. The molecule has 0 amide bonds. The molecule has 1 aliphatic carbocycles. The molecule has 1 aromatic rings. The Morgan fingerprint density at radius 1 is 1.21 bits per heavy atom. The van der Waals surface area contributed by atoms with Gasteiger partial charge in [-0.15, -0.1) is 0 Å². The zero-order chi connectivity index (χ0) is 10.0. The Labute approximate surface area is 85.5 Å². The van der Waals surface area contributed by atoms with Gasteiger partial charge >= 0.3 is 0 Å². The summed E-state index contributed by atoms with van der Waals surface area (Å²) in [6.45, 7) is 2.07. The maximum Gasteiger partial charge on any atom is 0.0425 e. The van der Waals surface area contributed by atoms with E-state index in [4.69, 9.17) is 5.73 Å². The van der Waals surface area contributed by atoms with Gasteiger partial charge in [0.15, 0.2) is 0 Å². The molecule has 76 valence electrons. The van der Waals surface area contributed by atoms with Crippen LogP contribution in [0, 0.1) is 6.92 Å². The normalized spacial score (nSPS) is 20.7. The fourth-order valence-corrected chi connectivity index (χ4v) is 2.30. The number of aromatic nitrogens is 1. The number of pyridine rings is 1. The molecule has 1 aromatic heterocycles. The van der Waals surface area contributed by atoms with Crippen molar-refractivity contribution < 1.29 is 0 Å². The Morgan fingerprint density at radius 2 is 1.93 bits per heavy atom. The molecule has 0 aromatic carbocycles. The standard InChI is InChI=1S/C12H18N2/c1-10-7-11(9-14-8-10)12(13)5-3-2-4-6-12/h7-9H,2-6,13H2,1H3. The number of hydrogen-bond acceptors (Lipinski definition) is 2. The van der Waals surface area contributed by atoms with Gasteiger partial charge in [0.05, 0.1) is 0 Å². The van der Waals surface area contributed by atoms with E-state index in [1.807, 2.05) is 12.4 Å². The van der Waals surface area contributed by atoms with Crippen LogP contribution in [0.3, 0.4) is 0 Å². The average Bonchev–Trinajstić information content (AvgIpc) is 2.19. The van der Waals surface area contributed by atoms with Crippen LogP contribution in [0.2, 0.25) is 0 Å². The third-order valence-electron chi connectivity index (χ3n) is 3.20. The molecule has 0 unspecified atom stereocenters. The van der Waals surface area contributed by atoms with E-state index in [0.29, 0.717) is 0 Å². The summed E-state index contributed by atoms with van der Waals surface area (Å²) < 4.78 is 0. The maximum atomic E-state index is 6.41. The zero-order valence-electron chi connectivity index (χ0n) is 8.79. The molecule has 2 rings (SSSR count). The molecule has 0 bridgehead atoms. The van der Waals surface area contributed by atoms with Crippen molar-refractivity contribution >= 4 is 0 Å². The molecule has 2 heteroatoms. The first-order chi connectivity index (χ1) is 6.71. The monoisotopic (exact) mass is 190 g/mol. The van der Waals surface area contributed by atoms with Crippen molar-refractivity contribution in [3.63, 3.8) is 0 Å².